The number of halogens is 1. The Kier molecular flexibility index (Phi) is 5.43. The van der Waals surface area contributed by atoms with Crippen LogP contribution >= 0.6 is 11.6 Å². The molecule has 1 N–H and O–H groups in total. The number of aromatic nitrogens is 1. The van der Waals surface area contributed by atoms with Crippen molar-refractivity contribution in [3.8, 4) is 17.2 Å². The van der Waals surface area contributed by atoms with Crippen LogP contribution in [0.25, 0.3) is 10.9 Å². The zero-order valence-electron chi connectivity index (χ0n) is 14.3. The number of nitrogens with zero attached hydrogens (tertiary/aromatic N) is 1. The van der Waals surface area contributed by atoms with Crippen LogP contribution in [-0.2, 0) is 4.79 Å². The Morgan fingerprint density at radius 2 is 1.85 bits per heavy atom. The number of hydrogen-bond donors (Lipinski definition) is 1. The number of ether oxygens (including phenoxy) is 3. The second kappa shape index (κ2) is 7.93. The summed E-state index contributed by atoms with van der Waals surface area (Å²) < 4.78 is 16.0. The summed E-state index contributed by atoms with van der Waals surface area (Å²) in [5, 5.41) is 4.10. The highest BCUT2D eigenvalue weighted by atomic mass is 35.5. The Balaban J connectivity index is 1.71. The lowest BCUT2D eigenvalue weighted by Gasteiger charge is -2.11. The fraction of sp³-hybridized carbons (Fsp3) is 0.158. The first-order valence-electron chi connectivity index (χ1n) is 7.79. The van der Waals surface area contributed by atoms with Gasteiger partial charge in [-0.15, -0.1) is 0 Å². The predicted molar refractivity (Wildman–Crippen MR) is 100 cm³/mol. The second-order valence-electron chi connectivity index (χ2n) is 5.38. The highest BCUT2D eigenvalue weighted by Crippen LogP contribution is 2.30. The van der Waals surface area contributed by atoms with Gasteiger partial charge in [0.15, 0.2) is 6.61 Å². The van der Waals surface area contributed by atoms with Gasteiger partial charge in [-0.3, -0.25) is 9.78 Å². The molecule has 2 aromatic carbocycles. The van der Waals surface area contributed by atoms with E-state index in [0.717, 1.165) is 5.39 Å². The molecular weight excluding hydrogens is 356 g/mol. The second-order valence-corrected chi connectivity index (χ2v) is 5.79. The number of hydrogen-bond acceptors (Lipinski definition) is 5. The number of nitrogens with one attached hydrogen (secondary N) is 1. The fourth-order valence-electron chi connectivity index (χ4n) is 2.45. The number of fused-ring (bicyclic) bond motifs is 1. The average Bonchev–Trinajstić information content (AvgIpc) is 2.67. The summed E-state index contributed by atoms with van der Waals surface area (Å²) in [6.07, 6.45) is 1.65. The Morgan fingerprint density at radius 1 is 1.12 bits per heavy atom. The first-order chi connectivity index (χ1) is 12.6. The van der Waals surface area contributed by atoms with Crippen LogP contribution in [0.3, 0.4) is 0 Å². The molecule has 0 saturated heterocycles. The molecule has 0 unspecified atom stereocenters. The molecule has 7 heteroatoms. The van der Waals surface area contributed by atoms with Gasteiger partial charge in [0.25, 0.3) is 5.91 Å². The normalized spacial score (nSPS) is 10.4. The van der Waals surface area contributed by atoms with E-state index in [0.29, 0.717) is 33.5 Å². The maximum atomic E-state index is 12.2. The largest absolute Gasteiger partial charge is 0.497 e. The molecule has 0 aliphatic heterocycles. The molecule has 1 amide bonds. The predicted octanol–water partition coefficient (Wildman–Crippen LogP) is 3.92. The first kappa shape index (κ1) is 17.8. The third-order valence-corrected chi connectivity index (χ3v) is 4.00. The molecule has 0 radical (unpaired) electrons. The van der Waals surface area contributed by atoms with Gasteiger partial charge in [-0.25, -0.2) is 0 Å². The van der Waals surface area contributed by atoms with Gasteiger partial charge < -0.3 is 19.5 Å². The minimum absolute atomic E-state index is 0.174. The molecule has 0 fully saturated rings. The van der Waals surface area contributed by atoms with Crippen molar-refractivity contribution >= 4 is 34.1 Å². The average molecular weight is 373 g/mol. The van der Waals surface area contributed by atoms with Crippen molar-refractivity contribution in [2.75, 3.05) is 26.1 Å². The fourth-order valence-corrected chi connectivity index (χ4v) is 2.66. The van der Waals surface area contributed by atoms with Crippen molar-refractivity contribution in [3.63, 3.8) is 0 Å². The standard InChI is InChI=1S/C19H17ClN2O4/c1-24-13-8-12(9-14(10-13)25-2)22-18(23)11-26-17-6-5-16(20)15-4-3-7-21-19(15)17/h3-10H,11H2,1-2H3,(H,22,23). The van der Waals surface area contributed by atoms with Gasteiger partial charge in [-0.05, 0) is 24.3 Å². The number of pyridine rings is 1. The van der Waals surface area contributed by atoms with E-state index in [2.05, 4.69) is 10.3 Å². The van der Waals surface area contributed by atoms with Gasteiger partial charge >= 0.3 is 0 Å². The number of carbonyl (C=O) groups is 1. The molecule has 0 aliphatic rings. The number of carbonyl (C=O) groups excluding carboxylic acids is 1. The van der Waals surface area contributed by atoms with Crippen LogP contribution in [0.5, 0.6) is 17.2 Å². The van der Waals surface area contributed by atoms with E-state index in [4.69, 9.17) is 25.8 Å². The molecule has 1 heterocycles. The highest BCUT2D eigenvalue weighted by Gasteiger charge is 2.10. The van der Waals surface area contributed by atoms with Crippen molar-refractivity contribution < 1.29 is 19.0 Å². The molecule has 3 aromatic rings. The molecule has 0 bridgehead atoms. The summed E-state index contributed by atoms with van der Waals surface area (Å²) in [5.74, 6) is 1.32. The van der Waals surface area contributed by atoms with E-state index < -0.39 is 0 Å². The van der Waals surface area contributed by atoms with Crippen LogP contribution in [0.2, 0.25) is 5.02 Å². The number of methoxy groups -OCH3 is 2. The third kappa shape index (κ3) is 3.97. The molecule has 0 aliphatic carbocycles. The quantitative estimate of drug-likeness (QED) is 0.710. The van der Waals surface area contributed by atoms with Crippen molar-refractivity contribution in [2.45, 2.75) is 0 Å². The summed E-state index contributed by atoms with van der Waals surface area (Å²) in [4.78, 5) is 16.5. The molecule has 6 nitrogen and oxygen atoms in total. The summed E-state index contributed by atoms with van der Waals surface area (Å²) in [7, 11) is 3.09. The van der Waals surface area contributed by atoms with Crippen molar-refractivity contribution in [1.82, 2.24) is 4.98 Å². The van der Waals surface area contributed by atoms with Gasteiger partial charge in [0, 0.05) is 35.5 Å². The molecule has 134 valence electrons. The lowest BCUT2D eigenvalue weighted by atomic mass is 10.2. The van der Waals surface area contributed by atoms with Crippen molar-refractivity contribution in [1.29, 1.82) is 0 Å². The summed E-state index contributed by atoms with van der Waals surface area (Å²) >= 11 is 6.16. The Morgan fingerprint density at radius 3 is 2.54 bits per heavy atom. The van der Waals surface area contributed by atoms with E-state index in [1.807, 2.05) is 6.07 Å². The monoisotopic (exact) mass is 372 g/mol. The van der Waals surface area contributed by atoms with Gasteiger partial charge in [0.05, 0.1) is 19.2 Å². The lowest BCUT2D eigenvalue weighted by Crippen LogP contribution is -2.20. The number of anilines is 1. The van der Waals surface area contributed by atoms with E-state index in [1.54, 1.807) is 56.8 Å². The van der Waals surface area contributed by atoms with Crippen LogP contribution in [-0.4, -0.2) is 31.7 Å². The van der Waals surface area contributed by atoms with E-state index >= 15 is 0 Å². The molecule has 0 atom stereocenters. The molecule has 0 spiro atoms. The van der Waals surface area contributed by atoms with E-state index in [-0.39, 0.29) is 12.5 Å². The Labute approximate surface area is 155 Å². The minimum atomic E-state index is -0.320. The minimum Gasteiger partial charge on any atom is -0.497 e. The van der Waals surface area contributed by atoms with Crippen molar-refractivity contribution in [3.05, 3.63) is 53.7 Å². The molecular formula is C19H17ClN2O4. The Hall–Kier alpha value is -2.99. The molecule has 0 saturated carbocycles. The maximum absolute atomic E-state index is 12.2. The van der Waals surface area contributed by atoms with Crippen LogP contribution in [0, 0.1) is 0 Å². The van der Waals surface area contributed by atoms with Gasteiger partial charge in [-0.1, -0.05) is 11.6 Å². The van der Waals surface area contributed by atoms with Crippen molar-refractivity contribution in [2.24, 2.45) is 0 Å². The van der Waals surface area contributed by atoms with Crippen LogP contribution in [0.15, 0.2) is 48.7 Å². The highest BCUT2D eigenvalue weighted by molar-refractivity contribution is 6.35. The zero-order valence-corrected chi connectivity index (χ0v) is 15.0. The van der Waals surface area contributed by atoms with E-state index in [9.17, 15) is 4.79 Å². The smallest absolute Gasteiger partial charge is 0.262 e. The zero-order chi connectivity index (χ0) is 18.5. The molecule has 3 rings (SSSR count). The van der Waals surface area contributed by atoms with Crippen LogP contribution < -0.4 is 19.5 Å². The number of rotatable bonds is 6. The summed E-state index contributed by atoms with van der Waals surface area (Å²) in [6.45, 7) is -0.174. The molecule has 1 aromatic heterocycles. The third-order valence-electron chi connectivity index (χ3n) is 3.67. The Bertz CT molecular complexity index is 924. The van der Waals surface area contributed by atoms with Crippen LogP contribution in [0.1, 0.15) is 0 Å². The summed E-state index contributed by atoms with van der Waals surface area (Å²) in [6, 6.07) is 12.2. The summed E-state index contributed by atoms with van der Waals surface area (Å²) in [5.41, 5.74) is 1.16. The maximum Gasteiger partial charge on any atom is 0.262 e. The number of amides is 1. The SMILES string of the molecule is COc1cc(NC(=O)COc2ccc(Cl)c3cccnc23)cc(OC)c1. The van der Waals surface area contributed by atoms with Gasteiger partial charge in [0.2, 0.25) is 0 Å². The van der Waals surface area contributed by atoms with Gasteiger partial charge in [-0.2, -0.15) is 0 Å². The molecule has 26 heavy (non-hydrogen) atoms. The van der Waals surface area contributed by atoms with Crippen LogP contribution in [0.4, 0.5) is 5.69 Å². The van der Waals surface area contributed by atoms with Gasteiger partial charge in [0.1, 0.15) is 22.8 Å². The lowest BCUT2D eigenvalue weighted by molar-refractivity contribution is -0.118. The number of benzene rings is 2. The van der Waals surface area contributed by atoms with E-state index in [1.165, 1.54) is 0 Å². The topological polar surface area (TPSA) is 69.7 Å². The first-order valence-corrected chi connectivity index (χ1v) is 8.17.